The standard InChI is InChI=1S/C11H23NO/c1-9-4-5-11(6-9)8-12-7-10(2)13-3/h9-12H,4-8H2,1-3H3. The molecule has 2 nitrogen and oxygen atoms in total. The first-order chi connectivity index (χ1) is 6.22. The number of nitrogens with one attached hydrogen (secondary N) is 1. The lowest BCUT2D eigenvalue weighted by molar-refractivity contribution is 0.116. The molecular weight excluding hydrogens is 162 g/mol. The molecule has 3 atom stereocenters. The molecule has 0 heterocycles. The molecule has 0 saturated heterocycles. The Morgan fingerprint density at radius 1 is 1.46 bits per heavy atom. The maximum absolute atomic E-state index is 5.17. The van der Waals surface area contributed by atoms with Crippen LogP contribution in [-0.2, 0) is 4.74 Å². The molecule has 0 aliphatic heterocycles. The van der Waals surface area contributed by atoms with Crippen molar-refractivity contribution in [2.45, 2.75) is 39.2 Å². The minimum atomic E-state index is 0.346. The molecule has 0 bridgehead atoms. The van der Waals surface area contributed by atoms with E-state index < -0.39 is 0 Å². The molecule has 1 aliphatic carbocycles. The van der Waals surface area contributed by atoms with Gasteiger partial charge in [-0.05, 0) is 38.1 Å². The monoisotopic (exact) mass is 185 g/mol. The van der Waals surface area contributed by atoms with Gasteiger partial charge in [-0.25, -0.2) is 0 Å². The van der Waals surface area contributed by atoms with E-state index in [1.54, 1.807) is 7.11 Å². The summed E-state index contributed by atoms with van der Waals surface area (Å²) in [5.74, 6) is 1.87. The van der Waals surface area contributed by atoms with Crippen LogP contribution in [0.4, 0.5) is 0 Å². The molecule has 2 heteroatoms. The third-order valence-electron chi connectivity index (χ3n) is 3.07. The van der Waals surface area contributed by atoms with E-state index in [4.69, 9.17) is 4.74 Å². The Balaban J connectivity index is 2.00. The zero-order chi connectivity index (χ0) is 9.68. The topological polar surface area (TPSA) is 21.3 Å². The summed E-state index contributed by atoms with van der Waals surface area (Å²) in [7, 11) is 1.77. The summed E-state index contributed by atoms with van der Waals surface area (Å²) in [5.41, 5.74) is 0. The van der Waals surface area contributed by atoms with Gasteiger partial charge in [0.15, 0.2) is 0 Å². The second-order valence-corrected chi connectivity index (χ2v) is 4.49. The van der Waals surface area contributed by atoms with Crippen LogP contribution < -0.4 is 5.32 Å². The normalized spacial score (nSPS) is 30.7. The van der Waals surface area contributed by atoms with Gasteiger partial charge in [0.2, 0.25) is 0 Å². The Bertz CT molecular complexity index is 138. The van der Waals surface area contributed by atoms with E-state index in [1.165, 1.54) is 25.8 Å². The summed E-state index contributed by atoms with van der Waals surface area (Å²) in [4.78, 5) is 0. The minimum Gasteiger partial charge on any atom is -0.380 e. The molecule has 1 fully saturated rings. The van der Waals surface area contributed by atoms with Gasteiger partial charge in [0.1, 0.15) is 0 Å². The lowest BCUT2D eigenvalue weighted by Gasteiger charge is -2.14. The van der Waals surface area contributed by atoms with Crippen LogP contribution in [0.5, 0.6) is 0 Å². The first-order valence-corrected chi connectivity index (χ1v) is 5.46. The molecule has 1 rings (SSSR count). The molecule has 13 heavy (non-hydrogen) atoms. The van der Waals surface area contributed by atoms with Crippen LogP contribution >= 0.6 is 0 Å². The van der Waals surface area contributed by atoms with Crippen LogP contribution in [0.15, 0.2) is 0 Å². The summed E-state index contributed by atoms with van der Waals surface area (Å²) in [6, 6.07) is 0. The van der Waals surface area contributed by atoms with E-state index in [1.807, 2.05) is 0 Å². The summed E-state index contributed by atoms with van der Waals surface area (Å²) >= 11 is 0. The van der Waals surface area contributed by atoms with Crippen LogP contribution in [0.3, 0.4) is 0 Å². The Labute approximate surface area is 82.0 Å². The van der Waals surface area contributed by atoms with Gasteiger partial charge in [-0.15, -0.1) is 0 Å². The molecule has 78 valence electrons. The highest BCUT2D eigenvalue weighted by Crippen LogP contribution is 2.29. The molecule has 0 radical (unpaired) electrons. The van der Waals surface area contributed by atoms with Crippen LogP contribution in [0, 0.1) is 11.8 Å². The average Bonchev–Trinajstić information content (AvgIpc) is 2.51. The molecule has 1 saturated carbocycles. The van der Waals surface area contributed by atoms with E-state index in [9.17, 15) is 0 Å². The van der Waals surface area contributed by atoms with Crippen LogP contribution in [0.25, 0.3) is 0 Å². The molecule has 1 aliphatic rings. The third kappa shape index (κ3) is 4.10. The number of hydrogen-bond acceptors (Lipinski definition) is 2. The van der Waals surface area contributed by atoms with Crippen molar-refractivity contribution in [2.75, 3.05) is 20.2 Å². The lowest BCUT2D eigenvalue weighted by atomic mass is 10.1. The second kappa shape index (κ2) is 5.61. The van der Waals surface area contributed by atoms with Gasteiger partial charge in [-0.1, -0.05) is 13.3 Å². The number of ether oxygens (including phenoxy) is 1. The Morgan fingerprint density at radius 3 is 2.77 bits per heavy atom. The van der Waals surface area contributed by atoms with Crippen LogP contribution in [-0.4, -0.2) is 26.3 Å². The molecule has 0 aromatic rings. The predicted molar refractivity (Wildman–Crippen MR) is 55.8 cm³/mol. The highest BCUT2D eigenvalue weighted by Gasteiger charge is 2.20. The quantitative estimate of drug-likeness (QED) is 0.708. The molecular formula is C11H23NO. The SMILES string of the molecule is COC(C)CNCC1CCC(C)C1. The van der Waals surface area contributed by atoms with Crippen LogP contribution in [0.1, 0.15) is 33.1 Å². The van der Waals surface area contributed by atoms with Crippen molar-refractivity contribution >= 4 is 0 Å². The summed E-state index contributed by atoms with van der Waals surface area (Å²) in [5, 5.41) is 3.47. The van der Waals surface area contributed by atoms with E-state index in [0.29, 0.717) is 6.10 Å². The molecule has 1 N–H and O–H groups in total. The van der Waals surface area contributed by atoms with Crippen molar-refractivity contribution in [2.24, 2.45) is 11.8 Å². The van der Waals surface area contributed by atoms with Gasteiger partial charge in [0.25, 0.3) is 0 Å². The van der Waals surface area contributed by atoms with E-state index in [0.717, 1.165) is 18.4 Å². The summed E-state index contributed by atoms with van der Waals surface area (Å²) in [6.45, 7) is 6.63. The maximum atomic E-state index is 5.17. The number of hydrogen-bond donors (Lipinski definition) is 1. The van der Waals surface area contributed by atoms with Crippen LogP contribution in [0.2, 0.25) is 0 Å². The van der Waals surface area contributed by atoms with Crippen molar-refractivity contribution in [1.29, 1.82) is 0 Å². The fourth-order valence-electron chi connectivity index (χ4n) is 2.08. The van der Waals surface area contributed by atoms with Crippen molar-refractivity contribution in [1.82, 2.24) is 5.32 Å². The van der Waals surface area contributed by atoms with Crippen molar-refractivity contribution in [3.8, 4) is 0 Å². The minimum absolute atomic E-state index is 0.346. The summed E-state index contributed by atoms with van der Waals surface area (Å²) < 4.78 is 5.17. The lowest BCUT2D eigenvalue weighted by Crippen LogP contribution is -2.29. The molecule has 0 spiro atoms. The van der Waals surface area contributed by atoms with Gasteiger partial charge in [-0.2, -0.15) is 0 Å². The maximum Gasteiger partial charge on any atom is 0.0667 e. The second-order valence-electron chi connectivity index (χ2n) is 4.49. The van der Waals surface area contributed by atoms with E-state index in [2.05, 4.69) is 19.2 Å². The van der Waals surface area contributed by atoms with Crippen molar-refractivity contribution in [3.05, 3.63) is 0 Å². The van der Waals surface area contributed by atoms with Crippen molar-refractivity contribution < 1.29 is 4.74 Å². The Hall–Kier alpha value is -0.0800. The first-order valence-electron chi connectivity index (χ1n) is 5.46. The molecule has 3 unspecified atom stereocenters. The molecule has 0 aromatic carbocycles. The van der Waals surface area contributed by atoms with Gasteiger partial charge < -0.3 is 10.1 Å². The van der Waals surface area contributed by atoms with Gasteiger partial charge in [0, 0.05) is 13.7 Å². The number of rotatable bonds is 5. The largest absolute Gasteiger partial charge is 0.380 e. The summed E-state index contributed by atoms with van der Waals surface area (Å²) in [6.07, 6.45) is 4.59. The zero-order valence-electron chi connectivity index (χ0n) is 9.18. The van der Waals surface area contributed by atoms with Crippen molar-refractivity contribution in [3.63, 3.8) is 0 Å². The highest BCUT2D eigenvalue weighted by molar-refractivity contribution is 4.74. The first kappa shape index (κ1) is 11.0. The fourth-order valence-corrected chi connectivity index (χ4v) is 2.08. The number of methoxy groups -OCH3 is 1. The molecule has 0 aromatic heterocycles. The van der Waals surface area contributed by atoms with E-state index >= 15 is 0 Å². The Kier molecular flexibility index (Phi) is 4.74. The smallest absolute Gasteiger partial charge is 0.0667 e. The third-order valence-corrected chi connectivity index (χ3v) is 3.07. The Morgan fingerprint density at radius 2 is 2.23 bits per heavy atom. The zero-order valence-corrected chi connectivity index (χ0v) is 9.18. The predicted octanol–water partition coefficient (Wildman–Crippen LogP) is 2.05. The van der Waals surface area contributed by atoms with E-state index in [-0.39, 0.29) is 0 Å². The fraction of sp³-hybridized carbons (Fsp3) is 1.00. The van der Waals surface area contributed by atoms with Gasteiger partial charge in [-0.3, -0.25) is 0 Å². The van der Waals surface area contributed by atoms with Gasteiger partial charge in [0.05, 0.1) is 6.10 Å². The van der Waals surface area contributed by atoms with Gasteiger partial charge >= 0.3 is 0 Å². The highest BCUT2D eigenvalue weighted by atomic mass is 16.5. The average molecular weight is 185 g/mol. The molecule has 0 amide bonds.